The Labute approximate surface area is 164 Å². The zero-order valence-corrected chi connectivity index (χ0v) is 16.4. The Kier molecular flexibility index (Phi) is 5.29. The van der Waals surface area contributed by atoms with Crippen molar-refractivity contribution in [1.29, 1.82) is 0 Å². The van der Waals surface area contributed by atoms with Gasteiger partial charge in [-0.3, -0.25) is 4.98 Å². The topological polar surface area (TPSA) is 102 Å². The minimum Gasteiger partial charge on any atom is -0.358 e. The van der Waals surface area contributed by atoms with E-state index in [0.717, 1.165) is 54.4 Å². The van der Waals surface area contributed by atoms with Gasteiger partial charge in [-0.1, -0.05) is 19.0 Å². The molecule has 4 heterocycles. The number of fused-ring (bicyclic) bond motifs is 1. The van der Waals surface area contributed by atoms with Crippen molar-refractivity contribution in [2.75, 3.05) is 11.9 Å². The highest BCUT2D eigenvalue weighted by molar-refractivity contribution is 5.59. The second-order valence-electron chi connectivity index (χ2n) is 7.50. The summed E-state index contributed by atoms with van der Waals surface area (Å²) in [4.78, 5) is 18.3. The van der Waals surface area contributed by atoms with E-state index in [1.165, 1.54) is 0 Å². The van der Waals surface area contributed by atoms with E-state index in [2.05, 4.69) is 39.6 Å². The molecule has 1 aliphatic heterocycles. The third-order valence-corrected chi connectivity index (χ3v) is 4.65. The maximum Gasteiger partial charge on any atom is 0.248 e. The minimum atomic E-state index is -0.149. The Morgan fingerprint density at radius 2 is 2.11 bits per heavy atom. The third-order valence-electron chi connectivity index (χ3n) is 4.65. The molecule has 3 aromatic rings. The summed E-state index contributed by atoms with van der Waals surface area (Å²) in [5.74, 6) is 3.28. The number of nitrogens with one attached hydrogen (secondary N) is 2. The van der Waals surface area contributed by atoms with Gasteiger partial charge in [0.15, 0.2) is 11.6 Å². The molecule has 8 heteroatoms. The molecule has 0 unspecified atom stereocenters. The maximum absolute atomic E-state index is 5.47. The molecule has 0 spiro atoms. The monoisotopic (exact) mass is 379 g/mol. The van der Waals surface area contributed by atoms with E-state index < -0.39 is 0 Å². The first kappa shape index (κ1) is 18.5. The molecule has 0 radical (unpaired) electrons. The van der Waals surface area contributed by atoms with E-state index >= 15 is 0 Å². The molecule has 0 saturated heterocycles. The fraction of sp³-hybridized carbons (Fsp3) is 0.450. The molecule has 0 aliphatic carbocycles. The second-order valence-corrected chi connectivity index (χ2v) is 7.50. The first-order chi connectivity index (χ1) is 13.6. The lowest BCUT2D eigenvalue weighted by Gasteiger charge is -2.22. The second kappa shape index (κ2) is 8.02. The van der Waals surface area contributed by atoms with Crippen molar-refractivity contribution in [2.45, 2.75) is 46.2 Å². The van der Waals surface area contributed by atoms with Crippen LogP contribution >= 0.6 is 0 Å². The van der Waals surface area contributed by atoms with E-state index in [0.29, 0.717) is 17.6 Å². The molecular formula is C20H25N7O. The molecule has 0 fully saturated rings. The highest BCUT2D eigenvalue weighted by Gasteiger charge is 2.22. The van der Waals surface area contributed by atoms with E-state index in [1.807, 2.05) is 19.1 Å². The quantitative estimate of drug-likeness (QED) is 0.674. The molecule has 4 rings (SSSR count). The van der Waals surface area contributed by atoms with Crippen LogP contribution in [0.3, 0.4) is 0 Å². The summed E-state index contributed by atoms with van der Waals surface area (Å²) in [6, 6.07) is 3.71. The van der Waals surface area contributed by atoms with Gasteiger partial charge in [0.1, 0.15) is 11.9 Å². The number of anilines is 1. The summed E-state index contributed by atoms with van der Waals surface area (Å²) in [5.41, 5.74) is 3.05. The van der Waals surface area contributed by atoms with Gasteiger partial charge in [-0.2, -0.15) is 4.98 Å². The Bertz CT molecular complexity index is 939. The molecule has 0 saturated carbocycles. The van der Waals surface area contributed by atoms with Crippen molar-refractivity contribution >= 4 is 5.82 Å². The standard InChI is InChI=1S/C20H25N7O/c1-12(2)9-17-25-20(28-27-17)13(3)23-19-15-6-8-22-11-16(15)24-18(26-19)14-5-4-7-21-10-14/h4-5,7,10,12-13,22H,6,8-9,11H2,1-3H3,(H,23,24,26)/t13-/m1/s1. The first-order valence-electron chi connectivity index (χ1n) is 9.70. The summed E-state index contributed by atoms with van der Waals surface area (Å²) in [5, 5.41) is 10.9. The lowest BCUT2D eigenvalue weighted by Crippen LogP contribution is -2.27. The predicted octanol–water partition coefficient (Wildman–Crippen LogP) is 2.94. The Balaban J connectivity index is 1.63. The van der Waals surface area contributed by atoms with Crippen LogP contribution in [0, 0.1) is 5.92 Å². The van der Waals surface area contributed by atoms with Crippen LogP contribution < -0.4 is 10.6 Å². The zero-order valence-electron chi connectivity index (χ0n) is 16.4. The highest BCUT2D eigenvalue weighted by Crippen LogP contribution is 2.27. The van der Waals surface area contributed by atoms with Gasteiger partial charge in [0.05, 0.1) is 5.69 Å². The van der Waals surface area contributed by atoms with E-state index in [1.54, 1.807) is 12.4 Å². The van der Waals surface area contributed by atoms with Gasteiger partial charge in [0.25, 0.3) is 0 Å². The van der Waals surface area contributed by atoms with E-state index in [9.17, 15) is 0 Å². The van der Waals surface area contributed by atoms with Crippen molar-refractivity contribution in [3.63, 3.8) is 0 Å². The van der Waals surface area contributed by atoms with Crippen molar-refractivity contribution in [1.82, 2.24) is 30.4 Å². The van der Waals surface area contributed by atoms with Gasteiger partial charge < -0.3 is 15.2 Å². The molecule has 2 N–H and O–H groups in total. The van der Waals surface area contributed by atoms with Crippen molar-refractivity contribution < 1.29 is 4.52 Å². The Morgan fingerprint density at radius 1 is 1.21 bits per heavy atom. The van der Waals surface area contributed by atoms with Crippen LogP contribution in [0.5, 0.6) is 0 Å². The predicted molar refractivity (Wildman–Crippen MR) is 106 cm³/mol. The number of hydrogen-bond donors (Lipinski definition) is 2. The molecule has 0 aromatic carbocycles. The Hall–Kier alpha value is -2.87. The minimum absolute atomic E-state index is 0.149. The van der Waals surface area contributed by atoms with E-state index in [-0.39, 0.29) is 6.04 Å². The van der Waals surface area contributed by atoms with Crippen molar-refractivity contribution in [3.8, 4) is 11.4 Å². The molecule has 28 heavy (non-hydrogen) atoms. The van der Waals surface area contributed by atoms with Gasteiger partial charge in [0.2, 0.25) is 5.89 Å². The normalized spacial score (nSPS) is 14.7. The molecule has 1 aliphatic rings. The zero-order chi connectivity index (χ0) is 19.5. The summed E-state index contributed by atoms with van der Waals surface area (Å²) in [6.07, 6.45) is 5.20. The SMILES string of the molecule is CC(C)Cc1noc([C@@H](C)Nc2nc(-c3cccnc3)nc3c2CCNC3)n1. The van der Waals surface area contributed by atoms with Crippen molar-refractivity contribution in [2.24, 2.45) is 5.92 Å². The van der Waals surface area contributed by atoms with E-state index in [4.69, 9.17) is 14.5 Å². The molecule has 0 amide bonds. The summed E-state index contributed by atoms with van der Waals surface area (Å²) in [7, 11) is 0. The van der Waals surface area contributed by atoms with Crippen LogP contribution in [-0.4, -0.2) is 31.6 Å². The lowest BCUT2D eigenvalue weighted by atomic mass is 10.1. The van der Waals surface area contributed by atoms with Crippen LogP contribution in [0.2, 0.25) is 0 Å². The van der Waals surface area contributed by atoms with Crippen LogP contribution in [0.4, 0.5) is 5.82 Å². The van der Waals surface area contributed by atoms with Crippen molar-refractivity contribution in [3.05, 3.63) is 47.5 Å². The summed E-state index contributed by atoms with van der Waals surface area (Å²) < 4.78 is 5.47. The number of pyridine rings is 1. The Morgan fingerprint density at radius 3 is 2.89 bits per heavy atom. The van der Waals surface area contributed by atoms with Gasteiger partial charge in [0, 0.05) is 36.5 Å². The lowest BCUT2D eigenvalue weighted by molar-refractivity contribution is 0.360. The fourth-order valence-corrected chi connectivity index (χ4v) is 3.26. The van der Waals surface area contributed by atoms with Crippen LogP contribution in [0.25, 0.3) is 11.4 Å². The highest BCUT2D eigenvalue weighted by atomic mass is 16.5. The maximum atomic E-state index is 5.47. The van der Waals surface area contributed by atoms with Crippen LogP contribution in [-0.2, 0) is 19.4 Å². The van der Waals surface area contributed by atoms with Gasteiger partial charge in [-0.05, 0) is 37.9 Å². The number of hydrogen-bond acceptors (Lipinski definition) is 8. The molecule has 8 nitrogen and oxygen atoms in total. The molecule has 3 aromatic heterocycles. The average Bonchev–Trinajstić information content (AvgIpc) is 3.16. The number of rotatable bonds is 6. The fourth-order valence-electron chi connectivity index (χ4n) is 3.26. The summed E-state index contributed by atoms with van der Waals surface area (Å²) in [6.45, 7) is 7.92. The number of nitrogens with zero attached hydrogens (tertiary/aromatic N) is 5. The smallest absolute Gasteiger partial charge is 0.248 e. The van der Waals surface area contributed by atoms with Crippen LogP contribution in [0.15, 0.2) is 29.0 Å². The molecule has 1 atom stereocenters. The van der Waals surface area contributed by atoms with Gasteiger partial charge in [-0.15, -0.1) is 0 Å². The molecule has 146 valence electrons. The molecule has 0 bridgehead atoms. The summed E-state index contributed by atoms with van der Waals surface area (Å²) >= 11 is 0. The average molecular weight is 379 g/mol. The van der Waals surface area contributed by atoms with Crippen LogP contribution in [0.1, 0.15) is 49.8 Å². The van der Waals surface area contributed by atoms with Gasteiger partial charge >= 0.3 is 0 Å². The van der Waals surface area contributed by atoms with Gasteiger partial charge in [-0.25, -0.2) is 9.97 Å². The first-order valence-corrected chi connectivity index (χ1v) is 9.70. The largest absolute Gasteiger partial charge is 0.358 e. The molecular weight excluding hydrogens is 354 g/mol. The third kappa shape index (κ3) is 4.01. The number of aromatic nitrogens is 5.